The first-order valence-corrected chi connectivity index (χ1v) is 11.0. The summed E-state index contributed by atoms with van der Waals surface area (Å²) in [6.45, 7) is 3.25. The molecule has 0 fully saturated rings. The molecule has 1 amide bonds. The van der Waals surface area contributed by atoms with Crippen molar-refractivity contribution in [2.24, 2.45) is 0 Å². The fourth-order valence-corrected chi connectivity index (χ4v) is 4.15. The normalized spacial score (nSPS) is 13.2. The van der Waals surface area contributed by atoms with Gasteiger partial charge in [-0.15, -0.1) is 0 Å². The van der Waals surface area contributed by atoms with Gasteiger partial charge in [0.15, 0.2) is 0 Å². The topological polar surface area (TPSA) is 55.2 Å². The van der Waals surface area contributed by atoms with Crippen LogP contribution in [0.3, 0.4) is 0 Å². The van der Waals surface area contributed by atoms with Crippen LogP contribution in [0.2, 0.25) is 0 Å². The molecule has 2 aromatic carbocycles. The zero-order valence-electron chi connectivity index (χ0n) is 17.0. The number of aryl methyl sites for hydroxylation is 3. The zero-order chi connectivity index (χ0) is 21.1. The molecule has 2 heterocycles. The van der Waals surface area contributed by atoms with E-state index in [9.17, 15) is 9.59 Å². The van der Waals surface area contributed by atoms with Gasteiger partial charge in [-0.05, 0) is 56.0 Å². The van der Waals surface area contributed by atoms with E-state index >= 15 is 0 Å². The SMILES string of the molecule is Cc1ccc2c(c1)CCCN2C(=O)CCCn1nc(-c2ccc(Br)cc2)ccc1=O. The van der Waals surface area contributed by atoms with Crippen molar-refractivity contribution in [2.75, 3.05) is 11.4 Å². The van der Waals surface area contributed by atoms with Gasteiger partial charge in [0.2, 0.25) is 5.91 Å². The van der Waals surface area contributed by atoms with E-state index in [2.05, 4.69) is 46.2 Å². The van der Waals surface area contributed by atoms with Gasteiger partial charge < -0.3 is 4.90 Å². The first-order chi connectivity index (χ1) is 14.5. The summed E-state index contributed by atoms with van der Waals surface area (Å²) in [5, 5.41) is 4.49. The minimum absolute atomic E-state index is 0.108. The van der Waals surface area contributed by atoms with Crippen molar-refractivity contribution < 1.29 is 4.79 Å². The molecular weight excluding hydrogens is 442 g/mol. The van der Waals surface area contributed by atoms with Crippen LogP contribution in [-0.4, -0.2) is 22.2 Å². The molecule has 0 radical (unpaired) electrons. The predicted molar refractivity (Wildman–Crippen MR) is 123 cm³/mol. The molecule has 0 saturated carbocycles. The van der Waals surface area contributed by atoms with Gasteiger partial charge in [0.25, 0.3) is 5.56 Å². The Bertz CT molecular complexity index is 1120. The molecule has 30 heavy (non-hydrogen) atoms. The number of carbonyl (C=O) groups excluding carboxylic acids is 1. The predicted octanol–water partition coefficient (Wildman–Crippen LogP) is 4.74. The summed E-state index contributed by atoms with van der Waals surface area (Å²) >= 11 is 3.43. The average molecular weight is 466 g/mol. The summed E-state index contributed by atoms with van der Waals surface area (Å²) in [4.78, 5) is 27.0. The number of carbonyl (C=O) groups is 1. The second-order valence-electron chi connectivity index (χ2n) is 7.67. The number of nitrogens with zero attached hydrogens (tertiary/aromatic N) is 3. The third kappa shape index (κ3) is 4.54. The van der Waals surface area contributed by atoms with Crippen LogP contribution in [0.1, 0.15) is 30.4 Å². The maximum Gasteiger partial charge on any atom is 0.266 e. The molecule has 1 aliphatic heterocycles. The zero-order valence-corrected chi connectivity index (χ0v) is 18.6. The maximum absolute atomic E-state index is 12.9. The lowest BCUT2D eigenvalue weighted by atomic mass is 9.99. The lowest BCUT2D eigenvalue weighted by Crippen LogP contribution is -2.35. The fourth-order valence-electron chi connectivity index (χ4n) is 3.88. The lowest BCUT2D eigenvalue weighted by Gasteiger charge is -2.30. The molecule has 6 heteroatoms. The Kier molecular flexibility index (Phi) is 6.13. The Labute approximate surface area is 184 Å². The first-order valence-electron chi connectivity index (χ1n) is 10.3. The molecular formula is C24H24BrN3O2. The highest BCUT2D eigenvalue weighted by molar-refractivity contribution is 9.10. The van der Waals surface area contributed by atoms with Crippen molar-refractivity contribution in [2.45, 2.75) is 39.2 Å². The molecule has 5 nitrogen and oxygen atoms in total. The summed E-state index contributed by atoms with van der Waals surface area (Å²) in [5.74, 6) is 0.108. The van der Waals surface area contributed by atoms with Gasteiger partial charge in [0.05, 0.1) is 5.69 Å². The van der Waals surface area contributed by atoms with Crippen LogP contribution in [0.15, 0.2) is 63.9 Å². The third-order valence-corrected chi connectivity index (χ3v) is 5.95. The smallest absolute Gasteiger partial charge is 0.266 e. The number of amides is 1. The highest BCUT2D eigenvalue weighted by atomic mass is 79.9. The van der Waals surface area contributed by atoms with Crippen molar-refractivity contribution >= 4 is 27.5 Å². The number of fused-ring (bicyclic) bond motifs is 1. The Balaban J connectivity index is 1.42. The van der Waals surface area contributed by atoms with Gasteiger partial charge >= 0.3 is 0 Å². The standard InChI is InChI=1S/C24H24BrN3O2/c1-17-6-12-22-19(16-17)4-2-14-27(22)23(29)5-3-15-28-24(30)13-11-21(26-28)18-7-9-20(25)10-8-18/h6-13,16H,2-5,14-15H2,1H3. The second kappa shape index (κ2) is 8.96. The van der Waals surface area contributed by atoms with Gasteiger partial charge in [-0.3, -0.25) is 9.59 Å². The van der Waals surface area contributed by atoms with E-state index in [0.29, 0.717) is 19.4 Å². The maximum atomic E-state index is 12.9. The molecule has 0 aliphatic carbocycles. The van der Waals surface area contributed by atoms with Crippen molar-refractivity contribution in [3.05, 3.63) is 80.6 Å². The summed E-state index contributed by atoms with van der Waals surface area (Å²) in [7, 11) is 0. The molecule has 4 rings (SSSR count). The van der Waals surface area contributed by atoms with E-state index in [0.717, 1.165) is 40.8 Å². The Morgan fingerprint density at radius 2 is 1.90 bits per heavy atom. The van der Waals surface area contributed by atoms with Crippen LogP contribution < -0.4 is 10.5 Å². The van der Waals surface area contributed by atoms with Crippen LogP contribution in [-0.2, 0) is 17.8 Å². The quantitative estimate of drug-likeness (QED) is 0.546. The second-order valence-corrected chi connectivity index (χ2v) is 8.59. The van der Waals surface area contributed by atoms with Crippen molar-refractivity contribution in [1.82, 2.24) is 9.78 Å². The Morgan fingerprint density at radius 3 is 2.70 bits per heavy atom. The van der Waals surface area contributed by atoms with E-state index in [-0.39, 0.29) is 11.5 Å². The number of hydrogen-bond donors (Lipinski definition) is 0. The molecule has 0 N–H and O–H groups in total. The van der Waals surface area contributed by atoms with E-state index in [1.807, 2.05) is 29.2 Å². The van der Waals surface area contributed by atoms with E-state index < -0.39 is 0 Å². The molecule has 3 aromatic rings. The van der Waals surface area contributed by atoms with Crippen molar-refractivity contribution in [1.29, 1.82) is 0 Å². The highest BCUT2D eigenvalue weighted by Gasteiger charge is 2.22. The van der Waals surface area contributed by atoms with Crippen molar-refractivity contribution in [3.8, 4) is 11.3 Å². The van der Waals surface area contributed by atoms with Crippen LogP contribution in [0, 0.1) is 6.92 Å². The molecule has 0 bridgehead atoms. The Morgan fingerprint density at radius 1 is 1.10 bits per heavy atom. The number of hydrogen-bond acceptors (Lipinski definition) is 3. The largest absolute Gasteiger partial charge is 0.312 e. The summed E-state index contributed by atoms with van der Waals surface area (Å²) in [5.41, 5.74) is 5.04. The molecule has 0 atom stereocenters. The average Bonchev–Trinajstić information content (AvgIpc) is 2.75. The first kappa shape index (κ1) is 20.5. The van der Waals surface area contributed by atoms with Gasteiger partial charge in [0.1, 0.15) is 0 Å². The van der Waals surface area contributed by atoms with Crippen LogP contribution in [0.25, 0.3) is 11.3 Å². The van der Waals surface area contributed by atoms with Crippen LogP contribution >= 0.6 is 15.9 Å². The van der Waals surface area contributed by atoms with E-state index in [1.54, 1.807) is 6.07 Å². The van der Waals surface area contributed by atoms with Gasteiger partial charge in [-0.1, -0.05) is 45.8 Å². The third-order valence-electron chi connectivity index (χ3n) is 5.42. The molecule has 0 unspecified atom stereocenters. The lowest BCUT2D eigenvalue weighted by molar-refractivity contribution is -0.118. The number of halogens is 1. The van der Waals surface area contributed by atoms with E-state index in [1.165, 1.54) is 21.9 Å². The van der Waals surface area contributed by atoms with Crippen LogP contribution in [0.5, 0.6) is 0 Å². The monoisotopic (exact) mass is 465 g/mol. The molecule has 1 aromatic heterocycles. The van der Waals surface area contributed by atoms with Gasteiger partial charge in [-0.2, -0.15) is 5.10 Å². The highest BCUT2D eigenvalue weighted by Crippen LogP contribution is 2.28. The number of aromatic nitrogens is 2. The van der Waals surface area contributed by atoms with Crippen LogP contribution in [0.4, 0.5) is 5.69 Å². The molecule has 0 saturated heterocycles. The minimum Gasteiger partial charge on any atom is -0.312 e. The minimum atomic E-state index is -0.151. The number of benzene rings is 2. The van der Waals surface area contributed by atoms with Crippen molar-refractivity contribution in [3.63, 3.8) is 0 Å². The fraction of sp³-hybridized carbons (Fsp3) is 0.292. The molecule has 0 spiro atoms. The molecule has 154 valence electrons. The number of anilines is 1. The van der Waals surface area contributed by atoms with Gasteiger partial charge in [-0.25, -0.2) is 4.68 Å². The summed E-state index contributed by atoms with van der Waals surface area (Å²) < 4.78 is 2.45. The number of rotatable bonds is 5. The van der Waals surface area contributed by atoms with E-state index in [4.69, 9.17) is 0 Å². The summed E-state index contributed by atoms with van der Waals surface area (Å²) in [6.07, 6.45) is 2.97. The summed E-state index contributed by atoms with van der Waals surface area (Å²) in [6, 6.07) is 17.4. The van der Waals surface area contributed by atoms with Gasteiger partial charge in [0, 0.05) is 41.3 Å². The Hall–Kier alpha value is -2.73. The molecule has 1 aliphatic rings.